The van der Waals surface area contributed by atoms with E-state index in [1.807, 2.05) is 30.3 Å². The number of benzene rings is 1. The summed E-state index contributed by atoms with van der Waals surface area (Å²) in [4.78, 5) is 17.2. The SMILES string of the molecule is CC1(C)[C@@H]2CC[C@@]1(C)C1OC(=O)[C@@H]([C@@H](O)c3ccccc3)N=C12. The van der Waals surface area contributed by atoms with Crippen molar-refractivity contribution >= 4 is 11.7 Å². The highest BCUT2D eigenvalue weighted by Gasteiger charge is 2.67. The van der Waals surface area contributed by atoms with Crippen LogP contribution in [0.1, 0.15) is 45.3 Å². The Morgan fingerprint density at radius 1 is 1.26 bits per heavy atom. The molecule has 1 aromatic carbocycles. The van der Waals surface area contributed by atoms with E-state index in [0.717, 1.165) is 18.6 Å². The Morgan fingerprint density at radius 3 is 2.65 bits per heavy atom. The second kappa shape index (κ2) is 4.67. The van der Waals surface area contributed by atoms with Gasteiger partial charge in [-0.1, -0.05) is 51.1 Å². The Kier molecular flexibility index (Phi) is 3.02. The number of carbonyl (C=O) groups is 1. The van der Waals surface area contributed by atoms with E-state index in [1.54, 1.807) is 0 Å². The van der Waals surface area contributed by atoms with Crippen LogP contribution in [0.4, 0.5) is 0 Å². The summed E-state index contributed by atoms with van der Waals surface area (Å²) in [5.74, 6) is -0.0595. The lowest BCUT2D eigenvalue weighted by atomic mass is 9.70. The minimum absolute atomic E-state index is 0.0468. The Morgan fingerprint density at radius 2 is 1.96 bits per heavy atom. The van der Waals surface area contributed by atoms with E-state index in [1.165, 1.54) is 0 Å². The van der Waals surface area contributed by atoms with Gasteiger partial charge in [-0.15, -0.1) is 0 Å². The van der Waals surface area contributed by atoms with Gasteiger partial charge in [-0.05, 0) is 23.8 Å². The van der Waals surface area contributed by atoms with Gasteiger partial charge in [0.25, 0.3) is 0 Å². The number of aliphatic hydroxyl groups excluding tert-OH is 1. The van der Waals surface area contributed by atoms with Crippen LogP contribution < -0.4 is 0 Å². The van der Waals surface area contributed by atoms with E-state index in [9.17, 15) is 9.90 Å². The number of hydrogen-bond donors (Lipinski definition) is 1. The molecular weight excluding hydrogens is 290 g/mol. The molecule has 1 unspecified atom stereocenters. The normalized spacial score (nSPS) is 38.7. The van der Waals surface area contributed by atoms with Gasteiger partial charge in [0.15, 0.2) is 6.04 Å². The Labute approximate surface area is 136 Å². The molecule has 1 heterocycles. The molecule has 4 nitrogen and oxygen atoms in total. The molecule has 1 aliphatic heterocycles. The summed E-state index contributed by atoms with van der Waals surface area (Å²) >= 11 is 0. The van der Waals surface area contributed by atoms with E-state index in [2.05, 4.69) is 20.8 Å². The topological polar surface area (TPSA) is 58.9 Å². The lowest BCUT2D eigenvalue weighted by molar-refractivity contribution is -0.158. The molecule has 1 aromatic rings. The Hall–Kier alpha value is -1.68. The smallest absolute Gasteiger partial charge is 0.334 e. The van der Waals surface area contributed by atoms with Gasteiger partial charge >= 0.3 is 5.97 Å². The molecule has 1 N–H and O–H groups in total. The monoisotopic (exact) mass is 313 g/mol. The van der Waals surface area contributed by atoms with Gasteiger partial charge < -0.3 is 9.84 Å². The molecule has 2 saturated carbocycles. The largest absolute Gasteiger partial charge is 0.454 e. The first-order valence-corrected chi connectivity index (χ1v) is 8.37. The number of aliphatic hydroxyl groups is 1. The number of nitrogens with zero attached hydrogens (tertiary/aromatic N) is 1. The van der Waals surface area contributed by atoms with Gasteiger partial charge in [-0.25, -0.2) is 4.79 Å². The molecule has 4 rings (SSSR count). The predicted molar refractivity (Wildman–Crippen MR) is 87.1 cm³/mol. The Balaban J connectivity index is 1.72. The van der Waals surface area contributed by atoms with Crippen molar-refractivity contribution in [3.05, 3.63) is 35.9 Å². The van der Waals surface area contributed by atoms with Crippen molar-refractivity contribution in [3.8, 4) is 0 Å². The molecule has 0 saturated heterocycles. The van der Waals surface area contributed by atoms with Crippen LogP contribution in [0.5, 0.6) is 0 Å². The van der Waals surface area contributed by atoms with Gasteiger partial charge in [0.05, 0.1) is 5.71 Å². The van der Waals surface area contributed by atoms with Crippen molar-refractivity contribution in [1.29, 1.82) is 0 Å². The maximum atomic E-state index is 12.5. The van der Waals surface area contributed by atoms with Crippen LogP contribution in [-0.2, 0) is 9.53 Å². The van der Waals surface area contributed by atoms with Gasteiger partial charge in [-0.3, -0.25) is 4.99 Å². The van der Waals surface area contributed by atoms with E-state index in [4.69, 9.17) is 9.73 Å². The quantitative estimate of drug-likeness (QED) is 0.854. The zero-order valence-corrected chi connectivity index (χ0v) is 13.8. The molecule has 3 aliphatic rings. The molecule has 0 spiro atoms. The number of carbonyl (C=O) groups excluding carboxylic acids is 1. The van der Waals surface area contributed by atoms with Crippen molar-refractivity contribution in [2.24, 2.45) is 21.7 Å². The molecule has 0 aromatic heterocycles. The van der Waals surface area contributed by atoms with Gasteiger partial charge in [0, 0.05) is 11.3 Å². The predicted octanol–water partition coefficient (Wildman–Crippen LogP) is 2.91. The molecule has 23 heavy (non-hydrogen) atoms. The Bertz CT molecular complexity index is 681. The summed E-state index contributed by atoms with van der Waals surface area (Å²) in [6.07, 6.45) is 0.980. The highest BCUT2D eigenvalue weighted by atomic mass is 16.6. The number of esters is 1. The van der Waals surface area contributed by atoms with E-state index in [-0.39, 0.29) is 16.9 Å². The maximum absolute atomic E-state index is 12.5. The summed E-state index contributed by atoms with van der Waals surface area (Å²) in [6.45, 7) is 6.71. The summed E-state index contributed by atoms with van der Waals surface area (Å²) in [5.41, 5.74) is 1.72. The van der Waals surface area contributed by atoms with Crippen molar-refractivity contribution in [1.82, 2.24) is 0 Å². The first kappa shape index (κ1) is 14.9. The van der Waals surface area contributed by atoms with Crippen molar-refractivity contribution in [2.75, 3.05) is 0 Å². The third-order valence-electron chi connectivity index (χ3n) is 6.70. The van der Waals surface area contributed by atoms with Gasteiger partial charge in [0.2, 0.25) is 0 Å². The highest BCUT2D eigenvalue weighted by molar-refractivity contribution is 6.01. The molecule has 2 bridgehead atoms. The molecular formula is C19H23NO3. The average molecular weight is 313 g/mol. The standard InChI is InChI=1S/C19H23NO3/c1-18(2)12-9-10-19(18,3)16-13(12)20-14(17(22)23-16)15(21)11-7-5-4-6-8-11/h4-8,12,14-16,21H,9-10H2,1-3H3/t12-,14-,15+,16?,19+/m1/s1. The molecule has 122 valence electrons. The second-order valence-corrected chi connectivity index (χ2v) is 7.90. The van der Waals surface area contributed by atoms with Crippen LogP contribution in [0.25, 0.3) is 0 Å². The van der Waals surface area contributed by atoms with Crippen LogP contribution in [0.3, 0.4) is 0 Å². The number of aliphatic imine (C=N–C) groups is 1. The second-order valence-electron chi connectivity index (χ2n) is 7.90. The van der Waals surface area contributed by atoms with Crippen molar-refractivity contribution in [3.63, 3.8) is 0 Å². The molecule has 4 heteroatoms. The summed E-state index contributed by atoms with van der Waals surface area (Å²) in [5, 5.41) is 10.6. The number of hydrogen-bond acceptors (Lipinski definition) is 4. The molecule has 0 amide bonds. The van der Waals surface area contributed by atoms with Gasteiger partial charge in [-0.2, -0.15) is 0 Å². The summed E-state index contributed by atoms with van der Waals surface area (Å²) in [7, 11) is 0. The maximum Gasteiger partial charge on any atom is 0.334 e. The zero-order chi connectivity index (χ0) is 16.4. The summed E-state index contributed by atoms with van der Waals surface area (Å²) < 4.78 is 5.81. The van der Waals surface area contributed by atoms with Crippen molar-refractivity contribution in [2.45, 2.75) is 51.9 Å². The first-order valence-electron chi connectivity index (χ1n) is 8.37. The highest BCUT2D eigenvalue weighted by Crippen LogP contribution is 2.65. The lowest BCUT2D eigenvalue weighted by Crippen LogP contribution is -2.47. The fourth-order valence-corrected chi connectivity index (χ4v) is 4.80. The fourth-order valence-electron chi connectivity index (χ4n) is 4.80. The zero-order valence-electron chi connectivity index (χ0n) is 13.8. The lowest BCUT2D eigenvalue weighted by Gasteiger charge is -2.39. The minimum Gasteiger partial charge on any atom is -0.454 e. The van der Waals surface area contributed by atoms with Crippen LogP contribution in [-0.4, -0.2) is 28.9 Å². The fraction of sp³-hybridized carbons (Fsp3) is 0.579. The van der Waals surface area contributed by atoms with E-state index < -0.39 is 18.1 Å². The minimum atomic E-state index is -0.952. The molecule has 2 fully saturated rings. The van der Waals surface area contributed by atoms with E-state index in [0.29, 0.717) is 11.5 Å². The van der Waals surface area contributed by atoms with Crippen LogP contribution in [0, 0.1) is 16.7 Å². The first-order chi connectivity index (χ1) is 10.9. The average Bonchev–Trinajstić information content (AvgIpc) is 2.86. The summed E-state index contributed by atoms with van der Waals surface area (Å²) in [6, 6.07) is 8.38. The number of rotatable bonds is 2. The molecule has 2 aliphatic carbocycles. The van der Waals surface area contributed by atoms with Crippen molar-refractivity contribution < 1.29 is 14.6 Å². The molecule has 5 atom stereocenters. The van der Waals surface area contributed by atoms with Crippen LogP contribution in [0.2, 0.25) is 0 Å². The molecule has 0 radical (unpaired) electrons. The third-order valence-corrected chi connectivity index (χ3v) is 6.70. The number of ether oxygens (including phenoxy) is 1. The van der Waals surface area contributed by atoms with Crippen LogP contribution in [0.15, 0.2) is 35.3 Å². The van der Waals surface area contributed by atoms with Gasteiger partial charge in [0.1, 0.15) is 12.2 Å². The third kappa shape index (κ3) is 1.81. The van der Waals surface area contributed by atoms with Crippen LogP contribution >= 0.6 is 0 Å². The van der Waals surface area contributed by atoms with E-state index >= 15 is 0 Å². The number of fused-ring (bicyclic) bond motifs is 5.